The summed E-state index contributed by atoms with van der Waals surface area (Å²) < 4.78 is 5.59. The number of aryl methyl sites for hydroxylation is 1. The number of benzene rings is 1. The third-order valence-corrected chi connectivity index (χ3v) is 2.67. The van der Waals surface area contributed by atoms with Crippen molar-refractivity contribution < 1.29 is 4.74 Å². The molecule has 2 heteroatoms. The standard InChI is InChI=1S/C13H11NO/c1-9-5-11-8-14-7-10-3-2-4-15-12(6-9)13(10)11/h2,4-8H,3H2,1H3. The lowest BCUT2D eigenvalue weighted by Gasteiger charge is -2.08. The zero-order valence-corrected chi connectivity index (χ0v) is 8.53. The number of hydrogen-bond donors (Lipinski definition) is 0. The van der Waals surface area contributed by atoms with Gasteiger partial charge < -0.3 is 4.74 Å². The molecule has 2 aromatic rings. The first kappa shape index (κ1) is 8.48. The summed E-state index contributed by atoms with van der Waals surface area (Å²) in [4.78, 5) is 4.25. The molecule has 74 valence electrons. The largest absolute Gasteiger partial charge is 0.465 e. The third kappa shape index (κ3) is 1.30. The monoisotopic (exact) mass is 197 g/mol. The Kier molecular flexibility index (Phi) is 1.75. The predicted octanol–water partition coefficient (Wildman–Crippen LogP) is 2.99. The van der Waals surface area contributed by atoms with Crippen molar-refractivity contribution in [2.75, 3.05) is 0 Å². The maximum atomic E-state index is 5.59. The molecule has 1 aliphatic heterocycles. The Morgan fingerprint density at radius 1 is 1.27 bits per heavy atom. The van der Waals surface area contributed by atoms with Crippen molar-refractivity contribution in [1.82, 2.24) is 4.98 Å². The number of aromatic nitrogens is 1. The van der Waals surface area contributed by atoms with Gasteiger partial charge in [0.1, 0.15) is 5.75 Å². The van der Waals surface area contributed by atoms with E-state index in [-0.39, 0.29) is 0 Å². The molecule has 3 rings (SSSR count). The van der Waals surface area contributed by atoms with Crippen LogP contribution in [0.3, 0.4) is 0 Å². The molecule has 0 atom stereocenters. The van der Waals surface area contributed by atoms with Crippen molar-refractivity contribution in [2.45, 2.75) is 13.3 Å². The summed E-state index contributed by atoms with van der Waals surface area (Å²) in [6, 6.07) is 4.21. The van der Waals surface area contributed by atoms with E-state index >= 15 is 0 Å². The minimum Gasteiger partial charge on any atom is -0.465 e. The fourth-order valence-electron chi connectivity index (χ4n) is 2.04. The second kappa shape index (κ2) is 3.09. The quantitative estimate of drug-likeness (QED) is 0.647. The molecule has 15 heavy (non-hydrogen) atoms. The molecule has 0 bridgehead atoms. The van der Waals surface area contributed by atoms with Crippen molar-refractivity contribution in [3.8, 4) is 5.75 Å². The Hall–Kier alpha value is -1.83. The van der Waals surface area contributed by atoms with Crippen molar-refractivity contribution in [1.29, 1.82) is 0 Å². The average Bonchev–Trinajstić information content (AvgIpc) is 2.42. The predicted molar refractivity (Wildman–Crippen MR) is 60.0 cm³/mol. The summed E-state index contributed by atoms with van der Waals surface area (Å²) in [5.41, 5.74) is 2.43. The third-order valence-electron chi connectivity index (χ3n) is 2.67. The van der Waals surface area contributed by atoms with Gasteiger partial charge in [-0.2, -0.15) is 0 Å². The lowest BCUT2D eigenvalue weighted by molar-refractivity contribution is 0.487. The normalized spacial score (nSPS) is 13.7. The van der Waals surface area contributed by atoms with E-state index in [1.165, 1.54) is 16.5 Å². The molecule has 0 spiro atoms. The van der Waals surface area contributed by atoms with E-state index in [1.807, 2.05) is 18.5 Å². The van der Waals surface area contributed by atoms with Gasteiger partial charge in [0.25, 0.3) is 0 Å². The van der Waals surface area contributed by atoms with Gasteiger partial charge in [-0.1, -0.05) is 0 Å². The van der Waals surface area contributed by atoms with Gasteiger partial charge in [-0.05, 0) is 42.7 Å². The van der Waals surface area contributed by atoms with Crippen LogP contribution in [-0.4, -0.2) is 4.98 Å². The first-order valence-corrected chi connectivity index (χ1v) is 5.03. The van der Waals surface area contributed by atoms with Gasteiger partial charge in [0.15, 0.2) is 0 Å². The van der Waals surface area contributed by atoms with Crippen LogP contribution in [0.4, 0.5) is 0 Å². The highest BCUT2D eigenvalue weighted by atomic mass is 16.5. The molecule has 1 aromatic heterocycles. The molecule has 0 radical (unpaired) electrons. The number of allylic oxidation sites excluding steroid dienone is 1. The van der Waals surface area contributed by atoms with Crippen molar-refractivity contribution in [3.63, 3.8) is 0 Å². The van der Waals surface area contributed by atoms with Crippen LogP contribution in [0.5, 0.6) is 5.75 Å². The molecule has 0 fully saturated rings. The Balaban J connectivity index is 2.46. The molecule has 0 aliphatic carbocycles. The summed E-state index contributed by atoms with van der Waals surface area (Å²) in [5, 5.41) is 2.35. The zero-order chi connectivity index (χ0) is 10.3. The minimum absolute atomic E-state index is 0.889. The average molecular weight is 197 g/mol. The van der Waals surface area contributed by atoms with E-state index < -0.39 is 0 Å². The number of hydrogen-bond acceptors (Lipinski definition) is 2. The number of ether oxygens (including phenoxy) is 1. The Bertz CT molecular complexity index is 558. The highest BCUT2D eigenvalue weighted by molar-refractivity contribution is 5.91. The van der Waals surface area contributed by atoms with Crippen LogP contribution in [0.1, 0.15) is 11.1 Å². The molecule has 2 heterocycles. The van der Waals surface area contributed by atoms with Crippen LogP contribution in [-0.2, 0) is 6.42 Å². The van der Waals surface area contributed by atoms with E-state index in [0.29, 0.717) is 0 Å². The molecule has 0 amide bonds. The van der Waals surface area contributed by atoms with Crippen LogP contribution in [0.25, 0.3) is 10.8 Å². The fraction of sp³-hybridized carbons (Fsp3) is 0.154. The van der Waals surface area contributed by atoms with Crippen LogP contribution >= 0.6 is 0 Å². The second-order valence-corrected chi connectivity index (χ2v) is 3.85. The van der Waals surface area contributed by atoms with Crippen molar-refractivity contribution >= 4 is 10.8 Å². The van der Waals surface area contributed by atoms with Gasteiger partial charge in [-0.25, -0.2) is 0 Å². The highest BCUT2D eigenvalue weighted by Gasteiger charge is 2.10. The Morgan fingerprint density at radius 3 is 3.13 bits per heavy atom. The van der Waals surface area contributed by atoms with Gasteiger partial charge in [0.05, 0.1) is 6.26 Å². The first-order chi connectivity index (χ1) is 7.34. The van der Waals surface area contributed by atoms with Gasteiger partial charge in [0, 0.05) is 23.2 Å². The maximum Gasteiger partial charge on any atom is 0.134 e. The van der Waals surface area contributed by atoms with Crippen molar-refractivity contribution in [2.24, 2.45) is 0 Å². The lowest BCUT2D eigenvalue weighted by atomic mass is 10.0. The highest BCUT2D eigenvalue weighted by Crippen LogP contribution is 2.31. The van der Waals surface area contributed by atoms with Crippen LogP contribution < -0.4 is 4.74 Å². The van der Waals surface area contributed by atoms with E-state index in [2.05, 4.69) is 24.0 Å². The van der Waals surface area contributed by atoms with Gasteiger partial charge in [0.2, 0.25) is 0 Å². The van der Waals surface area contributed by atoms with Crippen LogP contribution in [0.2, 0.25) is 0 Å². The topological polar surface area (TPSA) is 22.1 Å². The summed E-state index contributed by atoms with van der Waals surface area (Å²) in [6.45, 7) is 2.07. The van der Waals surface area contributed by atoms with Crippen LogP contribution in [0.15, 0.2) is 36.9 Å². The van der Waals surface area contributed by atoms with Gasteiger partial charge in [-0.3, -0.25) is 4.98 Å². The first-order valence-electron chi connectivity index (χ1n) is 5.03. The molecular weight excluding hydrogens is 186 g/mol. The molecule has 0 N–H and O–H groups in total. The summed E-state index contributed by atoms with van der Waals surface area (Å²) in [5.74, 6) is 0.941. The molecule has 0 saturated heterocycles. The molecular formula is C13H11NO. The van der Waals surface area contributed by atoms with Gasteiger partial charge in [-0.15, -0.1) is 0 Å². The zero-order valence-electron chi connectivity index (χ0n) is 8.53. The smallest absolute Gasteiger partial charge is 0.134 e. The fourth-order valence-corrected chi connectivity index (χ4v) is 2.04. The molecule has 1 aromatic carbocycles. The molecule has 2 nitrogen and oxygen atoms in total. The van der Waals surface area contributed by atoms with E-state index in [4.69, 9.17) is 4.74 Å². The Labute approximate surface area is 88.2 Å². The number of pyridine rings is 1. The summed E-state index contributed by atoms with van der Waals surface area (Å²) in [7, 11) is 0. The Morgan fingerprint density at radius 2 is 2.20 bits per heavy atom. The minimum atomic E-state index is 0.889. The van der Waals surface area contributed by atoms with Crippen LogP contribution in [0, 0.1) is 6.92 Å². The summed E-state index contributed by atoms with van der Waals surface area (Å²) >= 11 is 0. The van der Waals surface area contributed by atoms with E-state index in [9.17, 15) is 0 Å². The number of rotatable bonds is 0. The molecule has 0 unspecified atom stereocenters. The second-order valence-electron chi connectivity index (χ2n) is 3.85. The lowest BCUT2D eigenvalue weighted by Crippen LogP contribution is -1.89. The van der Waals surface area contributed by atoms with E-state index in [1.54, 1.807) is 6.26 Å². The van der Waals surface area contributed by atoms with Gasteiger partial charge >= 0.3 is 0 Å². The summed E-state index contributed by atoms with van der Waals surface area (Å²) in [6.07, 6.45) is 8.48. The SMILES string of the molecule is Cc1cc2c3c(cncc3c1)CC=CO2. The van der Waals surface area contributed by atoms with E-state index in [0.717, 1.165) is 17.6 Å². The van der Waals surface area contributed by atoms with Crippen molar-refractivity contribution in [3.05, 3.63) is 48.0 Å². The maximum absolute atomic E-state index is 5.59. The molecule has 1 aliphatic rings. The molecule has 0 saturated carbocycles. The number of nitrogens with zero attached hydrogens (tertiary/aromatic N) is 1.